The van der Waals surface area contributed by atoms with Gasteiger partial charge in [-0.05, 0) is 42.7 Å². The molecule has 0 aliphatic heterocycles. The van der Waals surface area contributed by atoms with Gasteiger partial charge in [0.15, 0.2) is 0 Å². The van der Waals surface area contributed by atoms with Crippen LogP contribution in [0.2, 0.25) is 18.1 Å². The van der Waals surface area contributed by atoms with Crippen molar-refractivity contribution >= 4 is 20.9 Å². The van der Waals surface area contributed by atoms with Gasteiger partial charge in [-0.2, -0.15) is 0 Å². The maximum Gasteiger partial charge on any atom is 0.488 e. The van der Waals surface area contributed by atoms with Crippen LogP contribution >= 0.6 is 0 Å². The van der Waals surface area contributed by atoms with Crippen molar-refractivity contribution in [1.82, 2.24) is 0 Å². The van der Waals surface area contributed by atoms with Crippen molar-refractivity contribution in [2.75, 3.05) is 0 Å². The molecule has 0 saturated heterocycles. The van der Waals surface area contributed by atoms with Crippen LogP contribution in [0.4, 0.5) is 0 Å². The second-order valence-electron chi connectivity index (χ2n) is 6.25. The summed E-state index contributed by atoms with van der Waals surface area (Å²) >= 11 is 0. The maximum atomic E-state index is 9.30. The molecule has 5 heteroatoms. The quantitative estimate of drug-likeness (QED) is 0.823. The maximum absolute atomic E-state index is 9.30. The molecule has 18 heavy (non-hydrogen) atoms. The molecule has 0 amide bonds. The van der Waals surface area contributed by atoms with Gasteiger partial charge in [0.25, 0.3) is 0 Å². The summed E-state index contributed by atoms with van der Waals surface area (Å²) in [5.41, 5.74) is 1.36. The lowest BCUT2D eigenvalue weighted by atomic mass is 9.77. The van der Waals surface area contributed by atoms with Crippen molar-refractivity contribution in [3.05, 3.63) is 23.8 Å². The fourth-order valence-corrected chi connectivity index (χ4v) is 2.43. The molecule has 1 aromatic carbocycles. The van der Waals surface area contributed by atoms with Gasteiger partial charge in [0.1, 0.15) is 5.75 Å². The highest BCUT2D eigenvalue weighted by Gasteiger charge is 2.39. The first-order valence-electron chi connectivity index (χ1n) is 6.20. The number of rotatable bonds is 3. The normalized spacial score (nSPS) is 12.4. The second kappa shape index (κ2) is 5.07. The van der Waals surface area contributed by atoms with Gasteiger partial charge < -0.3 is 14.5 Å². The Morgan fingerprint density at radius 1 is 1.17 bits per heavy atom. The molecule has 3 nitrogen and oxygen atoms in total. The van der Waals surface area contributed by atoms with Gasteiger partial charge in [-0.25, -0.2) is 0 Å². The minimum atomic E-state index is -1.88. The van der Waals surface area contributed by atoms with Crippen molar-refractivity contribution in [3.63, 3.8) is 0 Å². The zero-order valence-electron chi connectivity index (χ0n) is 12.1. The molecule has 0 aliphatic rings. The average Bonchev–Trinajstić information content (AvgIpc) is 2.18. The molecule has 0 aromatic heterocycles. The van der Waals surface area contributed by atoms with E-state index in [4.69, 9.17) is 4.43 Å². The average molecular weight is 266 g/mol. The molecule has 100 valence electrons. The Balaban J connectivity index is 3.03. The molecule has 0 radical (unpaired) electrons. The molecule has 0 bridgehead atoms. The molecule has 0 aliphatic carbocycles. The van der Waals surface area contributed by atoms with Crippen LogP contribution in [-0.2, 0) is 0 Å². The minimum Gasteiger partial charge on any atom is -0.544 e. The van der Waals surface area contributed by atoms with Crippen LogP contribution in [0.5, 0.6) is 5.75 Å². The highest BCUT2D eigenvalue weighted by Crippen LogP contribution is 2.37. The summed E-state index contributed by atoms with van der Waals surface area (Å²) in [6.45, 7) is 12.7. The van der Waals surface area contributed by atoms with E-state index in [1.807, 2.05) is 19.1 Å². The van der Waals surface area contributed by atoms with Crippen LogP contribution in [0, 0.1) is 6.92 Å². The van der Waals surface area contributed by atoms with Gasteiger partial charge in [0, 0.05) is 0 Å². The van der Waals surface area contributed by atoms with Crippen LogP contribution < -0.4 is 9.89 Å². The lowest BCUT2D eigenvalue weighted by Gasteiger charge is -2.36. The predicted octanol–water partition coefficient (Wildman–Crippen LogP) is 2.06. The number of hydrogen-bond donors (Lipinski definition) is 2. The first-order valence-corrected chi connectivity index (χ1v) is 9.11. The molecule has 0 unspecified atom stereocenters. The molecule has 0 fully saturated rings. The van der Waals surface area contributed by atoms with E-state index in [0.29, 0.717) is 5.46 Å². The van der Waals surface area contributed by atoms with Gasteiger partial charge in [0.2, 0.25) is 8.32 Å². The lowest BCUT2D eigenvalue weighted by molar-refractivity contribution is 0.425. The van der Waals surface area contributed by atoms with Gasteiger partial charge in [-0.3, -0.25) is 0 Å². The van der Waals surface area contributed by atoms with Crippen molar-refractivity contribution in [2.45, 2.75) is 45.8 Å². The first kappa shape index (κ1) is 15.3. The molecule has 1 aromatic rings. The Hall–Kier alpha value is -0.778. The summed E-state index contributed by atoms with van der Waals surface area (Å²) in [6, 6.07) is 5.47. The largest absolute Gasteiger partial charge is 0.544 e. The summed E-state index contributed by atoms with van der Waals surface area (Å²) in [5.74, 6) is 0.718. The number of hydrogen-bond acceptors (Lipinski definition) is 3. The smallest absolute Gasteiger partial charge is 0.488 e. The summed E-state index contributed by atoms with van der Waals surface area (Å²) < 4.78 is 6.13. The van der Waals surface area contributed by atoms with Crippen molar-refractivity contribution in [1.29, 1.82) is 0 Å². The first-order chi connectivity index (χ1) is 8.04. The summed E-state index contributed by atoms with van der Waals surface area (Å²) in [4.78, 5) is 0. The fourth-order valence-electron chi connectivity index (χ4n) is 1.41. The van der Waals surface area contributed by atoms with Gasteiger partial charge in [-0.1, -0.05) is 32.4 Å². The highest BCUT2D eigenvalue weighted by molar-refractivity contribution is 6.74. The van der Waals surface area contributed by atoms with E-state index in [1.165, 1.54) is 0 Å². The monoisotopic (exact) mass is 266 g/mol. The predicted molar refractivity (Wildman–Crippen MR) is 78.8 cm³/mol. The lowest BCUT2D eigenvalue weighted by Crippen LogP contribution is -2.44. The Kier molecular flexibility index (Phi) is 4.31. The van der Waals surface area contributed by atoms with E-state index in [9.17, 15) is 10.0 Å². The van der Waals surface area contributed by atoms with Crippen molar-refractivity contribution in [3.8, 4) is 5.75 Å². The van der Waals surface area contributed by atoms with Crippen LogP contribution in [0.3, 0.4) is 0 Å². The van der Waals surface area contributed by atoms with E-state index >= 15 is 0 Å². The van der Waals surface area contributed by atoms with Crippen LogP contribution in [0.25, 0.3) is 0 Å². The van der Waals surface area contributed by atoms with Gasteiger partial charge in [0.05, 0.1) is 0 Å². The molecular formula is C13H23BO3Si. The van der Waals surface area contributed by atoms with Crippen LogP contribution in [0.15, 0.2) is 18.2 Å². The second-order valence-corrected chi connectivity index (χ2v) is 11.0. The van der Waals surface area contributed by atoms with E-state index in [0.717, 1.165) is 11.3 Å². The molecule has 0 spiro atoms. The number of aryl methyl sites for hydroxylation is 1. The van der Waals surface area contributed by atoms with Crippen molar-refractivity contribution in [2.24, 2.45) is 0 Å². The van der Waals surface area contributed by atoms with Crippen LogP contribution in [-0.4, -0.2) is 25.5 Å². The molecule has 0 saturated carbocycles. The molecule has 0 atom stereocenters. The molecular weight excluding hydrogens is 243 g/mol. The molecule has 0 heterocycles. The molecule has 2 N–H and O–H groups in total. The Morgan fingerprint density at radius 3 is 2.17 bits per heavy atom. The molecule has 1 rings (SSSR count). The van der Waals surface area contributed by atoms with E-state index in [-0.39, 0.29) is 5.04 Å². The van der Waals surface area contributed by atoms with E-state index < -0.39 is 15.4 Å². The fraction of sp³-hybridized carbons (Fsp3) is 0.538. The topological polar surface area (TPSA) is 49.7 Å². The zero-order valence-corrected chi connectivity index (χ0v) is 13.1. The number of benzene rings is 1. The SMILES string of the molecule is Cc1ccc(O[Si](C)(C)C(C)(C)C)cc1B(O)O. The summed E-state index contributed by atoms with van der Waals surface area (Å²) in [5, 5.41) is 18.7. The Labute approximate surface area is 111 Å². The summed E-state index contributed by atoms with van der Waals surface area (Å²) in [6.07, 6.45) is 0. The minimum absolute atomic E-state index is 0.121. The van der Waals surface area contributed by atoms with E-state index in [1.54, 1.807) is 6.07 Å². The van der Waals surface area contributed by atoms with Gasteiger partial charge in [-0.15, -0.1) is 0 Å². The zero-order chi connectivity index (χ0) is 14.1. The van der Waals surface area contributed by atoms with Crippen LogP contribution in [0.1, 0.15) is 26.3 Å². The third-order valence-electron chi connectivity index (χ3n) is 3.71. The summed E-state index contributed by atoms with van der Waals surface area (Å²) in [7, 11) is -3.34. The third kappa shape index (κ3) is 3.37. The van der Waals surface area contributed by atoms with Gasteiger partial charge >= 0.3 is 7.12 Å². The standard InChI is InChI=1S/C13H23BO3Si/c1-10-7-8-11(9-12(10)14(15)16)17-18(5,6)13(2,3)4/h7-9,15-16H,1-6H3. The Bertz CT molecular complexity index is 425. The van der Waals surface area contributed by atoms with Crippen molar-refractivity contribution < 1.29 is 14.5 Å². The third-order valence-corrected chi connectivity index (χ3v) is 8.07. The van der Waals surface area contributed by atoms with E-state index in [2.05, 4.69) is 33.9 Å². The Morgan fingerprint density at radius 2 is 1.72 bits per heavy atom. The highest BCUT2D eigenvalue weighted by atomic mass is 28.4.